The predicted octanol–water partition coefficient (Wildman–Crippen LogP) is 2.18. The molecule has 1 aliphatic rings. The summed E-state index contributed by atoms with van der Waals surface area (Å²) in [5, 5.41) is 3.12. The molecule has 2 unspecified atom stereocenters. The Morgan fingerprint density at radius 1 is 1.41 bits per heavy atom. The highest BCUT2D eigenvalue weighted by Gasteiger charge is 2.34. The highest BCUT2D eigenvalue weighted by molar-refractivity contribution is 5.24. The summed E-state index contributed by atoms with van der Waals surface area (Å²) in [6.07, 6.45) is 1.01. The van der Waals surface area contributed by atoms with Gasteiger partial charge in [-0.15, -0.1) is 0 Å². The van der Waals surface area contributed by atoms with E-state index in [4.69, 9.17) is 0 Å². The van der Waals surface area contributed by atoms with Gasteiger partial charge in [-0.1, -0.05) is 0 Å². The lowest BCUT2D eigenvalue weighted by atomic mass is 9.93. The molecule has 1 aromatic rings. The van der Waals surface area contributed by atoms with Crippen LogP contribution >= 0.6 is 0 Å². The fourth-order valence-corrected chi connectivity index (χ4v) is 2.73. The lowest BCUT2D eigenvalue weighted by molar-refractivity contribution is 0.266. The van der Waals surface area contributed by atoms with Gasteiger partial charge in [-0.25, -0.2) is 8.78 Å². The Morgan fingerprint density at radius 2 is 2.18 bits per heavy atom. The maximum Gasteiger partial charge on any atom is 0.128 e. The van der Waals surface area contributed by atoms with Crippen molar-refractivity contribution < 1.29 is 8.78 Å². The Bertz CT molecular complexity index is 393. The molecule has 2 atom stereocenters. The van der Waals surface area contributed by atoms with Gasteiger partial charge >= 0.3 is 0 Å². The van der Waals surface area contributed by atoms with E-state index in [2.05, 4.69) is 10.2 Å². The molecule has 0 amide bonds. The van der Waals surface area contributed by atoms with Crippen LogP contribution in [-0.2, 0) is 0 Å². The maximum atomic E-state index is 13.8. The minimum absolute atomic E-state index is 0.0295. The van der Waals surface area contributed by atoms with E-state index in [1.807, 2.05) is 14.1 Å². The van der Waals surface area contributed by atoms with Gasteiger partial charge in [0.1, 0.15) is 11.6 Å². The van der Waals surface area contributed by atoms with Crippen molar-refractivity contribution >= 4 is 0 Å². The molecule has 2 nitrogen and oxygen atoms in total. The fourth-order valence-electron chi connectivity index (χ4n) is 2.73. The average molecular weight is 240 g/mol. The molecule has 0 spiro atoms. The number of halogens is 2. The normalized spacial score (nSPS) is 25.4. The van der Waals surface area contributed by atoms with Crippen molar-refractivity contribution in [1.82, 2.24) is 10.2 Å². The molecule has 0 aromatic heterocycles. The van der Waals surface area contributed by atoms with E-state index in [0.717, 1.165) is 19.5 Å². The molecule has 0 radical (unpaired) electrons. The molecule has 1 fully saturated rings. The van der Waals surface area contributed by atoms with Crippen LogP contribution < -0.4 is 5.32 Å². The summed E-state index contributed by atoms with van der Waals surface area (Å²) in [5.74, 6) is -0.350. The minimum Gasteiger partial charge on any atom is -0.319 e. The van der Waals surface area contributed by atoms with E-state index in [1.54, 1.807) is 0 Å². The van der Waals surface area contributed by atoms with E-state index >= 15 is 0 Å². The molecule has 1 aliphatic heterocycles. The van der Waals surface area contributed by atoms with E-state index < -0.39 is 0 Å². The first-order valence-corrected chi connectivity index (χ1v) is 5.93. The zero-order valence-corrected chi connectivity index (χ0v) is 10.2. The van der Waals surface area contributed by atoms with E-state index in [1.165, 1.54) is 18.2 Å². The number of hydrogen-bond donors (Lipinski definition) is 1. The van der Waals surface area contributed by atoms with Crippen molar-refractivity contribution in [2.45, 2.75) is 12.5 Å². The molecule has 1 N–H and O–H groups in total. The molecule has 1 saturated heterocycles. The van der Waals surface area contributed by atoms with Crippen LogP contribution in [0.25, 0.3) is 0 Å². The number of rotatable bonds is 3. The lowest BCUT2D eigenvalue weighted by Gasteiger charge is -2.25. The Hall–Kier alpha value is -1.00. The predicted molar refractivity (Wildman–Crippen MR) is 63.8 cm³/mol. The Labute approximate surface area is 101 Å². The summed E-state index contributed by atoms with van der Waals surface area (Å²) in [6, 6.07) is 3.68. The lowest BCUT2D eigenvalue weighted by Crippen LogP contribution is -2.27. The number of nitrogens with one attached hydrogen (secondary N) is 1. The maximum absolute atomic E-state index is 13.8. The van der Waals surface area contributed by atoms with Crippen LogP contribution in [0.1, 0.15) is 18.0 Å². The second-order valence-corrected chi connectivity index (χ2v) is 4.70. The van der Waals surface area contributed by atoms with Gasteiger partial charge in [0, 0.05) is 11.6 Å². The first-order valence-electron chi connectivity index (χ1n) is 5.93. The van der Waals surface area contributed by atoms with Crippen LogP contribution in [0, 0.1) is 17.6 Å². The van der Waals surface area contributed by atoms with Gasteiger partial charge in [0.2, 0.25) is 0 Å². The largest absolute Gasteiger partial charge is 0.319 e. The van der Waals surface area contributed by atoms with Crippen molar-refractivity contribution in [3.05, 3.63) is 35.4 Å². The summed E-state index contributed by atoms with van der Waals surface area (Å²) in [5.41, 5.74) is 0.477. The molecule has 1 heterocycles. The standard InChI is InChI=1S/C13H18F2N2/c1-16-8-9-5-6-17(2)13(9)11-7-10(14)3-4-12(11)15/h3-4,7,9,13,16H,5-6,8H2,1-2H3. The van der Waals surface area contributed by atoms with E-state index in [-0.39, 0.29) is 17.7 Å². The second-order valence-electron chi connectivity index (χ2n) is 4.70. The SMILES string of the molecule is CNCC1CCN(C)C1c1cc(F)ccc1F. The van der Waals surface area contributed by atoms with Crippen molar-refractivity contribution in [2.75, 3.05) is 27.2 Å². The fraction of sp³-hybridized carbons (Fsp3) is 0.538. The van der Waals surface area contributed by atoms with Crippen LogP contribution in [0.5, 0.6) is 0 Å². The Kier molecular flexibility index (Phi) is 3.74. The molecule has 94 valence electrons. The first-order chi connectivity index (χ1) is 8.13. The zero-order chi connectivity index (χ0) is 12.4. The second kappa shape index (κ2) is 5.10. The third-order valence-corrected chi connectivity index (χ3v) is 3.52. The van der Waals surface area contributed by atoms with Crippen LogP contribution in [0.3, 0.4) is 0 Å². The monoisotopic (exact) mass is 240 g/mol. The zero-order valence-electron chi connectivity index (χ0n) is 10.2. The topological polar surface area (TPSA) is 15.3 Å². The third kappa shape index (κ3) is 2.48. The molecule has 1 aromatic carbocycles. The van der Waals surface area contributed by atoms with Gasteiger partial charge in [-0.2, -0.15) is 0 Å². The van der Waals surface area contributed by atoms with Gasteiger partial charge < -0.3 is 5.32 Å². The molecule has 0 aliphatic carbocycles. The molecular weight excluding hydrogens is 222 g/mol. The van der Waals surface area contributed by atoms with Gasteiger partial charge in [-0.3, -0.25) is 4.90 Å². The van der Waals surface area contributed by atoms with Crippen LogP contribution in [0.2, 0.25) is 0 Å². The molecule has 0 saturated carbocycles. The van der Waals surface area contributed by atoms with Crippen molar-refractivity contribution in [2.24, 2.45) is 5.92 Å². The van der Waals surface area contributed by atoms with Crippen LogP contribution in [0.4, 0.5) is 8.78 Å². The van der Waals surface area contributed by atoms with Gasteiger partial charge in [-0.05, 0) is 57.7 Å². The van der Waals surface area contributed by atoms with Crippen molar-refractivity contribution in [1.29, 1.82) is 0 Å². The number of likely N-dealkylation sites (tertiary alicyclic amines) is 1. The number of benzene rings is 1. The Morgan fingerprint density at radius 3 is 2.88 bits per heavy atom. The van der Waals surface area contributed by atoms with Gasteiger partial charge in [0.15, 0.2) is 0 Å². The summed E-state index contributed by atoms with van der Waals surface area (Å²) in [7, 11) is 3.85. The quantitative estimate of drug-likeness (QED) is 0.871. The highest BCUT2D eigenvalue weighted by atomic mass is 19.1. The molecule has 17 heavy (non-hydrogen) atoms. The highest BCUT2D eigenvalue weighted by Crippen LogP contribution is 2.37. The molecule has 2 rings (SSSR count). The summed E-state index contributed by atoms with van der Waals surface area (Å²) in [6.45, 7) is 1.75. The van der Waals surface area contributed by atoms with Gasteiger partial charge in [0.25, 0.3) is 0 Å². The van der Waals surface area contributed by atoms with Crippen LogP contribution in [-0.4, -0.2) is 32.1 Å². The Balaban J connectivity index is 2.32. The summed E-state index contributed by atoms with van der Waals surface area (Å²) < 4.78 is 27.0. The van der Waals surface area contributed by atoms with Crippen molar-refractivity contribution in [3.63, 3.8) is 0 Å². The minimum atomic E-state index is -0.370. The van der Waals surface area contributed by atoms with Crippen molar-refractivity contribution in [3.8, 4) is 0 Å². The summed E-state index contributed by atoms with van der Waals surface area (Å²) in [4.78, 5) is 2.10. The van der Waals surface area contributed by atoms with E-state index in [9.17, 15) is 8.78 Å². The average Bonchev–Trinajstić information content (AvgIpc) is 2.64. The van der Waals surface area contributed by atoms with Crippen LogP contribution in [0.15, 0.2) is 18.2 Å². The molecular formula is C13H18F2N2. The molecule has 4 heteroatoms. The number of nitrogens with zero attached hydrogens (tertiary/aromatic N) is 1. The first kappa shape index (κ1) is 12.5. The molecule has 0 bridgehead atoms. The third-order valence-electron chi connectivity index (χ3n) is 3.52. The smallest absolute Gasteiger partial charge is 0.128 e. The number of hydrogen-bond acceptors (Lipinski definition) is 2. The summed E-state index contributed by atoms with van der Waals surface area (Å²) >= 11 is 0. The van der Waals surface area contributed by atoms with E-state index in [0.29, 0.717) is 11.5 Å². The van der Waals surface area contributed by atoms with Gasteiger partial charge in [0.05, 0.1) is 0 Å².